The maximum Gasteiger partial charge on any atom is 0.176 e. The standard InChI is InChI=1S/C16H21FN2O/c17-14-6-4-13(5-7-14)16(20)12-18-8-2-10-19-9-1-3-15(19)11-18/h4-7,15H,1-3,8-12H2. The molecule has 3 rings (SSSR count). The first kappa shape index (κ1) is 13.7. The largest absolute Gasteiger partial charge is 0.299 e. The molecule has 0 spiro atoms. The van der Waals surface area contributed by atoms with Crippen LogP contribution in [0, 0.1) is 5.82 Å². The van der Waals surface area contributed by atoms with Crippen molar-refractivity contribution in [1.29, 1.82) is 0 Å². The van der Waals surface area contributed by atoms with Crippen molar-refractivity contribution in [2.75, 3.05) is 32.7 Å². The van der Waals surface area contributed by atoms with Gasteiger partial charge in [-0.15, -0.1) is 0 Å². The Bertz CT molecular complexity index is 474. The van der Waals surface area contributed by atoms with E-state index in [0.29, 0.717) is 18.2 Å². The van der Waals surface area contributed by atoms with Crippen molar-refractivity contribution in [3.8, 4) is 0 Å². The summed E-state index contributed by atoms with van der Waals surface area (Å²) in [5.74, 6) is -0.200. The lowest BCUT2D eigenvalue weighted by molar-refractivity contribution is 0.0925. The van der Waals surface area contributed by atoms with Crippen LogP contribution in [0.1, 0.15) is 29.6 Å². The van der Waals surface area contributed by atoms with Crippen LogP contribution in [-0.4, -0.2) is 54.3 Å². The molecule has 1 aromatic carbocycles. The summed E-state index contributed by atoms with van der Waals surface area (Å²) in [5, 5.41) is 0. The Balaban J connectivity index is 1.61. The van der Waals surface area contributed by atoms with Crippen LogP contribution >= 0.6 is 0 Å². The zero-order valence-corrected chi connectivity index (χ0v) is 11.7. The highest BCUT2D eigenvalue weighted by Gasteiger charge is 2.29. The topological polar surface area (TPSA) is 23.6 Å². The maximum atomic E-state index is 12.9. The van der Waals surface area contributed by atoms with E-state index in [1.165, 1.54) is 31.5 Å². The number of Topliss-reactive ketones (excluding diaryl/α,β-unsaturated/α-hetero) is 1. The van der Waals surface area contributed by atoms with E-state index in [4.69, 9.17) is 0 Å². The molecule has 1 aromatic rings. The predicted molar refractivity (Wildman–Crippen MR) is 76.4 cm³/mol. The maximum absolute atomic E-state index is 12.9. The molecule has 0 aromatic heterocycles. The number of ketones is 1. The third-order valence-electron chi connectivity index (χ3n) is 4.42. The molecule has 0 bridgehead atoms. The van der Waals surface area contributed by atoms with Gasteiger partial charge >= 0.3 is 0 Å². The van der Waals surface area contributed by atoms with Crippen LogP contribution in [0.4, 0.5) is 4.39 Å². The molecular formula is C16H21FN2O. The van der Waals surface area contributed by atoms with Crippen molar-refractivity contribution in [3.05, 3.63) is 35.6 Å². The second-order valence-corrected chi connectivity index (χ2v) is 5.85. The number of carbonyl (C=O) groups excluding carboxylic acids is 1. The summed E-state index contributed by atoms with van der Waals surface area (Å²) in [4.78, 5) is 17.1. The normalized spacial score (nSPS) is 24.4. The molecule has 1 unspecified atom stereocenters. The Kier molecular flexibility index (Phi) is 4.13. The number of nitrogens with zero attached hydrogens (tertiary/aromatic N) is 2. The van der Waals surface area contributed by atoms with Gasteiger partial charge in [-0.2, -0.15) is 0 Å². The molecule has 0 N–H and O–H groups in total. The van der Waals surface area contributed by atoms with E-state index in [2.05, 4.69) is 9.80 Å². The molecule has 0 radical (unpaired) electrons. The summed E-state index contributed by atoms with van der Waals surface area (Å²) >= 11 is 0. The monoisotopic (exact) mass is 276 g/mol. The number of carbonyl (C=O) groups is 1. The average Bonchev–Trinajstić information content (AvgIpc) is 2.78. The van der Waals surface area contributed by atoms with Gasteiger partial charge in [0.25, 0.3) is 0 Å². The van der Waals surface area contributed by atoms with Crippen LogP contribution in [0.25, 0.3) is 0 Å². The third-order valence-corrected chi connectivity index (χ3v) is 4.42. The fourth-order valence-electron chi connectivity index (χ4n) is 3.36. The number of hydrogen-bond acceptors (Lipinski definition) is 3. The number of hydrogen-bond donors (Lipinski definition) is 0. The number of fused-ring (bicyclic) bond motifs is 1. The predicted octanol–water partition coefficient (Wildman–Crippen LogP) is 2.18. The van der Waals surface area contributed by atoms with Gasteiger partial charge in [0.15, 0.2) is 5.78 Å². The smallest absolute Gasteiger partial charge is 0.176 e. The Morgan fingerprint density at radius 3 is 2.70 bits per heavy atom. The van der Waals surface area contributed by atoms with Crippen molar-refractivity contribution in [1.82, 2.24) is 9.80 Å². The van der Waals surface area contributed by atoms with Crippen molar-refractivity contribution >= 4 is 5.78 Å². The molecule has 1 atom stereocenters. The highest BCUT2D eigenvalue weighted by Crippen LogP contribution is 2.21. The molecular weight excluding hydrogens is 255 g/mol. The molecule has 2 aliphatic rings. The fourth-order valence-corrected chi connectivity index (χ4v) is 3.36. The summed E-state index contributed by atoms with van der Waals surface area (Å²) in [6, 6.07) is 6.50. The van der Waals surface area contributed by atoms with Crippen LogP contribution < -0.4 is 0 Å². The van der Waals surface area contributed by atoms with E-state index < -0.39 is 0 Å². The third kappa shape index (κ3) is 3.07. The van der Waals surface area contributed by atoms with E-state index in [-0.39, 0.29) is 11.6 Å². The van der Waals surface area contributed by atoms with Crippen LogP contribution in [0.3, 0.4) is 0 Å². The lowest BCUT2D eigenvalue weighted by Gasteiger charge is -2.25. The average molecular weight is 276 g/mol. The Labute approximate surface area is 119 Å². The lowest BCUT2D eigenvalue weighted by Crippen LogP contribution is -2.38. The molecule has 0 amide bonds. The van der Waals surface area contributed by atoms with Gasteiger partial charge in [-0.05, 0) is 63.2 Å². The molecule has 2 saturated heterocycles. The fraction of sp³-hybridized carbons (Fsp3) is 0.562. The molecule has 3 nitrogen and oxygen atoms in total. The molecule has 20 heavy (non-hydrogen) atoms. The van der Waals surface area contributed by atoms with Gasteiger partial charge < -0.3 is 0 Å². The van der Waals surface area contributed by atoms with Gasteiger partial charge in [-0.1, -0.05) is 0 Å². The second-order valence-electron chi connectivity index (χ2n) is 5.85. The molecule has 2 fully saturated rings. The van der Waals surface area contributed by atoms with Crippen molar-refractivity contribution in [2.45, 2.75) is 25.3 Å². The quantitative estimate of drug-likeness (QED) is 0.791. The van der Waals surface area contributed by atoms with Gasteiger partial charge in [0.1, 0.15) is 5.82 Å². The molecule has 2 aliphatic heterocycles. The van der Waals surface area contributed by atoms with Gasteiger partial charge in [0.2, 0.25) is 0 Å². The van der Waals surface area contributed by atoms with E-state index in [1.807, 2.05) is 0 Å². The first-order chi connectivity index (χ1) is 9.72. The van der Waals surface area contributed by atoms with Crippen LogP contribution in [0.2, 0.25) is 0 Å². The molecule has 108 valence electrons. The van der Waals surface area contributed by atoms with E-state index in [1.54, 1.807) is 12.1 Å². The minimum absolute atomic E-state index is 0.0939. The minimum atomic E-state index is -0.294. The van der Waals surface area contributed by atoms with Crippen molar-refractivity contribution in [3.63, 3.8) is 0 Å². The lowest BCUT2D eigenvalue weighted by atomic mass is 10.1. The summed E-state index contributed by atoms with van der Waals surface area (Å²) in [7, 11) is 0. The van der Waals surface area contributed by atoms with Crippen LogP contribution in [-0.2, 0) is 0 Å². The summed E-state index contributed by atoms with van der Waals surface area (Å²) in [5.41, 5.74) is 0.610. The zero-order valence-electron chi connectivity index (χ0n) is 11.7. The highest BCUT2D eigenvalue weighted by molar-refractivity contribution is 5.97. The Hall–Kier alpha value is -1.26. The van der Waals surface area contributed by atoms with E-state index in [0.717, 1.165) is 26.1 Å². The molecule has 0 aliphatic carbocycles. The Morgan fingerprint density at radius 2 is 1.90 bits per heavy atom. The van der Waals surface area contributed by atoms with Gasteiger partial charge in [-0.25, -0.2) is 4.39 Å². The van der Waals surface area contributed by atoms with Gasteiger partial charge in [-0.3, -0.25) is 14.6 Å². The first-order valence-corrected chi connectivity index (χ1v) is 7.47. The highest BCUT2D eigenvalue weighted by atomic mass is 19.1. The van der Waals surface area contributed by atoms with E-state index in [9.17, 15) is 9.18 Å². The number of rotatable bonds is 3. The Morgan fingerprint density at radius 1 is 1.15 bits per heavy atom. The molecule has 0 saturated carbocycles. The second kappa shape index (κ2) is 6.02. The SMILES string of the molecule is O=C(CN1CCCN2CCCC2C1)c1ccc(F)cc1. The van der Waals surface area contributed by atoms with Crippen LogP contribution in [0.5, 0.6) is 0 Å². The molecule has 2 heterocycles. The van der Waals surface area contributed by atoms with Crippen molar-refractivity contribution < 1.29 is 9.18 Å². The number of halogens is 1. The minimum Gasteiger partial charge on any atom is -0.299 e. The summed E-state index contributed by atoms with van der Waals surface area (Å²) < 4.78 is 12.9. The summed E-state index contributed by atoms with van der Waals surface area (Å²) in [6.45, 7) is 4.80. The molecule has 4 heteroatoms. The van der Waals surface area contributed by atoms with Gasteiger partial charge in [0.05, 0.1) is 6.54 Å². The first-order valence-electron chi connectivity index (χ1n) is 7.47. The zero-order chi connectivity index (χ0) is 13.9. The van der Waals surface area contributed by atoms with Crippen molar-refractivity contribution in [2.24, 2.45) is 0 Å². The van der Waals surface area contributed by atoms with E-state index >= 15 is 0 Å². The van der Waals surface area contributed by atoms with Gasteiger partial charge in [0, 0.05) is 18.2 Å². The van der Waals surface area contributed by atoms with Crippen LogP contribution in [0.15, 0.2) is 24.3 Å². The summed E-state index contributed by atoms with van der Waals surface area (Å²) in [6.07, 6.45) is 3.67. The number of benzene rings is 1.